The Hall–Kier alpha value is -3.51. The number of anilines is 3. The van der Waals surface area contributed by atoms with Gasteiger partial charge in [-0.05, 0) is 62.4 Å². The molecule has 1 amide bonds. The van der Waals surface area contributed by atoms with Crippen molar-refractivity contribution in [1.82, 2.24) is 9.97 Å². The lowest BCUT2D eigenvalue weighted by Gasteiger charge is -2.11. The van der Waals surface area contributed by atoms with E-state index in [-0.39, 0.29) is 27.2 Å². The molecule has 12 heteroatoms. The number of aryl methyl sites for hydroxylation is 2. The quantitative estimate of drug-likeness (QED) is 0.476. The van der Waals surface area contributed by atoms with E-state index in [0.29, 0.717) is 17.2 Å². The molecule has 32 heavy (non-hydrogen) atoms. The van der Waals surface area contributed by atoms with Crippen LogP contribution >= 0.6 is 0 Å². The number of carbonyl (C=O) groups excluding carboxylic acids is 1. The Morgan fingerprint density at radius 2 is 1.25 bits per heavy atom. The Bertz CT molecular complexity index is 1330. The average Bonchev–Trinajstić information content (AvgIpc) is 2.67. The maximum absolute atomic E-state index is 12.6. The molecule has 0 radical (unpaired) electrons. The van der Waals surface area contributed by atoms with Crippen LogP contribution < -0.4 is 14.8 Å². The first-order valence-corrected chi connectivity index (χ1v) is 12.3. The summed E-state index contributed by atoms with van der Waals surface area (Å²) in [5.74, 6) is 0.299. The van der Waals surface area contributed by atoms with Gasteiger partial charge in [0.25, 0.3) is 20.0 Å². The highest BCUT2D eigenvalue weighted by Crippen LogP contribution is 2.21. The molecule has 0 aliphatic heterocycles. The molecule has 0 unspecified atom stereocenters. The molecule has 1 aromatic heterocycles. The van der Waals surface area contributed by atoms with Crippen LogP contribution in [0.25, 0.3) is 0 Å². The first-order chi connectivity index (χ1) is 14.9. The Kier molecular flexibility index (Phi) is 6.46. The third kappa shape index (κ3) is 5.80. The first kappa shape index (κ1) is 23.2. The Labute approximate surface area is 186 Å². The Morgan fingerprint density at radius 1 is 0.750 bits per heavy atom. The molecule has 0 atom stereocenters. The predicted molar refractivity (Wildman–Crippen MR) is 120 cm³/mol. The van der Waals surface area contributed by atoms with E-state index in [1.165, 1.54) is 61.5 Å². The number of carbonyl (C=O) groups is 1. The summed E-state index contributed by atoms with van der Waals surface area (Å²) < 4.78 is 55.1. The summed E-state index contributed by atoms with van der Waals surface area (Å²) in [7, 11) is -7.84. The van der Waals surface area contributed by atoms with Crippen LogP contribution in [0, 0.1) is 13.8 Å². The van der Waals surface area contributed by atoms with Crippen LogP contribution in [0.5, 0.6) is 0 Å². The van der Waals surface area contributed by atoms with Crippen LogP contribution in [0.4, 0.5) is 17.2 Å². The normalized spacial score (nSPS) is 11.6. The molecule has 0 bridgehead atoms. The fourth-order valence-corrected chi connectivity index (χ4v) is 4.85. The number of rotatable bonds is 7. The van der Waals surface area contributed by atoms with E-state index in [4.69, 9.17) is 0 Å². The molecule has 10 nitrogen and oxygen atoms in total. The van der Waals surface area contributed by atoms with Crippen molar-refractivity contribution in [3.05, 3.63) is 66.1 Å². The molecule has 0 spiro atoms. The lowest BCUT2D eigenvalue weighted by molar-refractivity contribution is -0.114. The number of nitrogens with one attached hydrogen (secondary N) is 3. The van der Waals surface area contributed by atoms with Crippen molar-refractivity contribution in [3.63, 3.8) is 0 Å². The monoisotopic (exact) mass is 475 g/mol. The van der Waals surface area contributed by atoms with Crippen molar-refractivity contribution in [2.45, 2.75) is 30.6 Å². The molecule has 3 N–H and O–H groups in total. The van der Waals surface area contributed by atoms with Crippen molar-refractivity contribution < 1.29 is 21.6 Å². The third-order valence-electron chi connectivity index (χ3n) is 4.11. The van der Waals surface area contributed by atoms with Crippen molar-refractivity contribution in [2.24, 2.45) is 0 Å². The summed E-state index contributed by atoms with van der Waals surface area (Å²) >= 11 is 0. The van der Waals surface area contributed by atoms with Crippen LogP contribution in [0.2, 0.25) is 0 Å². The Morgan fingerprint density at radius 3 is 1.75 bits per heavy atom. The minimum Gasteiger partial charge on any atom is -0.326 e. The number of hydrogen-bond acceptors (Lipinski definition) is 7. The summed E-state index contributed by atoms with van der Waals surface area (Å²) in [4.78, 5) is 19.1. The summed E-state index contributed by atoms with van der Waals surface area (Å²) in [5, 5.41) is 2.55. The first-order valence-electron chi connectivity index (χ1n) is 9.30. The van der Waals surface area contributed by atoms with Gasteiger partial charge in [-0.15, -0.1) is 0 Å². The highest BCUT2D eigenvalue weighted by molar-refractivity contribution is 7.93. The zero-order valence-corrected chi connectivity index (χ0v) is 19.1. The predicted octanol–water partition coefficient (Wildman–Crippen LogP) is 2.65. The van der Waals surface area contributed by atoms with Gasteiger partial charge in [0.05, 0.1) is 9.79 Å². The Balaban J connectivity index is 1.75. The maximum Gasteiger partial charge on any atom is 0.263 e. The van der Waals surface area contributed by atoms with E-state index in [1.807, 2.05) is 0 Å². The van der Waals surface area contributed by atoms with Crippen LogP contribution in [0.3, 0.4) is 0 Å². The highest BCUT2D eigenvalue weighted by atomic mass is 32.2. The summed E-state index contributed by atoms with van der Waals surface area (Å²) in [6.07, 6.45) is 0. The number of nitrogens with zero attached hydrogens (tertiary/aromatic N) is 2. The lowest BCUT2D eigenvalue weighted by atomic mass is 10.3. The SMILES string of the molecule is CC(=O)Nc1ccc(S(=O)(=O)Nc2ccc(S(=O)(=O)Nc3cc(C)nc(C)n3)cc2)cc1. The lowest BCUT2D eigenvalue weighted by Crippen LogP contribution is -2.15. The molecular formula is C20H21N5O5S2. The van der Waals surface area contributed by atoms with Gasteiger partial charge in [0.15, 0.2) is 0 Å². The number of benzene rings is 2. The van der Waals surface area contributed by atoms with Gasteiger partial charge < -0.3 is 5.32 Å². The molecule has 3 rings (SSSR count). The van der Waals surface area contributed by atoms with E-state index in [0.717, 1.165) is 0 Å². The van der Waals surface area contributed by atoms with E-state index >= 15 is 0 Å². The van der Waals surface area contributed by atoms with Crippen molar-refractivity contribution in [3.8, 4) is 0 Å². The fourth-order valence-electron chi connectivity index (χ4n) is 2.80. The minimum absolute atomic E-state index is 0.0144. The molecule has 1 heterocycles. The minimum atomic E-state index is -3.93. The second-order valence-corrected chi connectivity index (χ2v) is 10.2. The summed E-state index contributed by atoms with van der Waals surface area (Å²) in [6.45, 7) is 4.72. The van der Waals surface area contributed by atoms with Gasteiger partial charge in [0, 0.05) is 30.1 Å². The van der Waals surface area contributed by atoms with E-state index in [2.05, 4.69) is 24.7 Å². The van der Waals surface area contributed by atoms with Gasteiger partial charge in [-0.1, -0.05) is 0 Å². The third-order valence-corrected chi connectivity index (χ3v) is 6.87. The van der Waals surface area contributed by atoms with Crippen LogP contribution in [0.15, 0.2) is 64.4 Å². The van der Waals surface area contributed by atoms with E-state index in [9.17, 15) is 21.6 Å². The van der Waals surface area contributed by atoms with Gasteiger partial charge in [-0.25, -0.2) is 26.8 Å². The second kappa shape index (κ2) is 8.93. The van der Waals surface area contributed by atoms with Gasteiger partial charge in [0.1, 0.15) is 11.6 Å². The highest BCUT2D eigenvalue weighted by Gasteiger charge is 2.18. The summed E-state index contributed by atoms with van der Waals surface area (Å²) in [5.41, 5.74) is 1.27. The maximum atomic E-state index is 12.6. The molecule has 0 fully saturated rings. The average molecular weight is 476 g/mol. The van der Waals surface area contributed by atoms with Gasteiger partial charge in [-0.3, -0.25) is 14.2 Å². The van der Waals surface area contributed by atoms with E-state index < -0.39 is 20.0 Å². The van der Waals surface area contributed by atoms with Crippen molar-refractivity contribution in [2.75, 3.05) is 14.8 Å². The molecule has 2 aromatic carbocycles. The largest absolute Gasteiger partial charge is 0.326 e. The number of sulfonamides is 2. The number of aromatic nitrogens is 2. The van der Waals surface area contributed by atoms with Gasteiger partial charge >= 0.3 is 0 Å². The van der Waals surface area contributed by atoms with Crippen molar-refractivity contribution in [1.29, 1.82) is 0 Å². The smallest absolute Gasteiger partial charge is 0.263 e. The second-order valence-electron chi connectivity index (χ2n) is 6.88. The van der Waals surface area contributed by atoms with Gasteiger partial charge in [0.2, 0.25) is 5.91 Å². The van der Waals surface area contributed by atoms with Crippen LogP contribution in [0.1, 0.15) is 18.4 Å². The zero-order chi connectivity index (χ0) is 23.5. The molecule has 0 saturated carbocycles. The van der Waals surface area contributed by atoms with Gasteiger partial charge in [-0.2, -0.15) is 0 Å². The topological polar surface area (TPSA) is 147 Å². The molecule has 3 aromatic rings. The molecular weight excluding hydrogens is 454 g/mol. The molecule has 0 saturated heterocycles. The van der Waals surface area contributed by atoms with E-state index in [1.54, 1.807) is 13.8 Å². The van der Waals surface area contributed by atoms with Crippen LogP contribution in [-0.4, -0.2) is 32.7 Å². The molecule has 0 aliphatic rings. The molecule has 0 aliphatic carbocycles. The molecule has 168 valence electrons. The van der Waals surface area contributed by atoms with Crippen molar-refractivity contribution >= 4 is 43.1 Å². The van der Waals surface area contributed by atoms with Crippen LogP contribution in [-0.2, 0) is 24.8 Å². The standard InChI is InChI=1S/C20H21N5O5S2/c1-13-12-20(22-14(2)21-13)25-32(29,30)19-10-6-17(7-11-19)24-31(27,28)18-8-4-16(5-9-18)23-15(3)26/h4-12,24H,1-3H3,(H,23,26)(H,21,22,25). The summed E-state index contributed by atoms with van der Waals surface area (Å²) in [6, 6.07) is 12.4. The fraction of sp³-hybridized carbons (Fsp3) is 0.150. The number of hydrogen-bond donors (Lipinski definition) is 3. The number of amides is 1. The zero-order valence-electron chi connectivity index (χ0n) is 17.4.